The molecule has 146 valence electrons. The molecule has 1 aromatic heterocycles. The third kappa shape index (κ3) is 5.00. The fourth-order valence-electron chi connectivity index (χ4n) is 3.57. The second kappa shape index (κ2) is 9.34. The highest BCUT2D eigenvalue weighted by Gasteiger charge is 2.20. The number of halogens is 1. The number of rotatable bonds is 7. The van der Waals surface area contributed by atoms with E-state index in [-0.39, 0.29) is 6.10 Å². The molecule has 0 radical (unpaired) electrons. The highest BCUT2D eigenvalue weighted by molar-refractivity contribution is 6.30. The van der Waals surface area contributed by atoms with Gasteiger partial charge in [0.05, 0.1) is 24.6 Å². The van der Waals surface area contributed by atoms with Crippen LogP contribution in [0.15, 0.2) is 60.8 Å². The lowest BCUT2D eigenvalue weighted by atomic mass is 10.1. The van der Waals surface area contributed by atoms with Crippen molar-refractivity contribution >= 4 is 11.6 Å². The number of aromatic nitrogens is 2. The Hall–Kier alpha value is -2.18. The van der Waals surface area contributed by atoms with Gasteiger partial charge in [-0.3, -0.25) is 10.00 Å². The molecule has 3 aromatic rings. The van der Waals surface area contributed by atoms with E-state index < -0.39 is 0 Å². The van der Waals surface area contributed by atoms with Gasteiger partial charge >= 0.3 is 0 Å². The molecule has 2 heterocycles. The number of morpholine rings is 1. The van der Waals surface area contributed by atoms with Crippen LogP contribution in [0.4, 0.5) is 0 Å². The molecule has 0 aliphatic carbocycles. The molecule has 1 saturated heterocycles. The predicted octanol–water partition coefficient (Wildman–Crippen LogP) is 3.72. The Morgan fingerprint density at radius 2 is 1.96 bits per heavy atom. The molecule has 5 nitrogen and oxygen atoms in total. The number of nitrogens with one attached hydrogen (secondary N) is 2. The second-order valence-electron chi connectivity index (χ2n) is 7.12. The number of ether oxygens (including phenoxy) is 1. The number of hydrogen-bond donors (Lipinski definition) is 2. The first-order valence-corrected chi connectivity index (χ1v) is 10.0. The first-order chi connectivity index (χ1) is 13.8. The van der Waals surface area contributed by atoms with Gasteiger partial charge < -0.3 is 10.1 Å². The molecule has 0 spiro atoms. The van der Waals surface area contributed by atoms with Crippen molar-refractivity contribution in [3.8, 4) is 11.3 Å². The van der Waals surface area contributed by atoms with Gasteiger partial charge in [0.15, 0.2) is 0 Å². The van der Waals surface area contributed by atoms with Crippen LogP contribution in [-0.4, -0.2) is 47.4 Å². The topological polar surface area (TPSA) is 53.2 Å². The van der Waals surface area contributed by atoms with E-state index in [1.165, 1.54) is 5.56 Å². The molecule has 2 aromatic carbocycles. The van der Waals surface area contributed by atoms with Crippen molar-refractivity contribution in [2.45, 2.75) is 19.2 Å². The number of H-pyrrole nitrogens is 1. The lowest BCUT2D eigenvalue weighted by Crippen LogP contribution is -2.46. The van der Waals surface area contributed by atoms with Gasteiger partial charge in [0.25, 0.3) is 0 Å². The zero-order chi connectivity index (χ0) is 19.2. The Labute approximate surface area is 170 Å². The standard InChI is InChI=1S/C22H25ClN4O/c23-20-8-6-18(7-9-20)22-19(13-25-26-22)12-24-14-21-16-27(10-11-28-21)15-17-4-2-1-3-5-17/h1-9,13,21,24H,10-12,14-16H2,(H,25,26). The van der Waals surface area contributed by atoms with Crippen molar-refractivity contribution in [1.82, 2.24) is 20.4 Å². The Kier molecular flexibility index (Phi) is 6.39. The SMILES string of the molecule is Clc1ccc(-c2[nH]ncc2CNCC2CN(Cc3ccccc3)CCO2)cc1. The van der Waals surface area contributed by atoms with Crippen molar-refractivity contribution in [3.05, 3.63) is 76.9 Å². The van der Waals surface area contributed by atoms with Crippen LogP contribution in [0.5, 0.6) is 0 Å². The van der Waals surface area contributed by atoms with Crippen LogP contribution < -0.4 is 5.32 Å². The number of nitrogens with zero attached hydrogens (tertiary/aromatic N) is 2. The number of benzene rings is 2. The van der Waals surface area contributed by atoms with Gasteiger partial charge in [-0.2, -0.15) is 5.10 Å². The number of aromatic amines is 1. The molecule has 2 N–H and O–H groups in total. The zero-order valence-corrected chi connectivity index (χ0v) is 16.5. The van der Waals surface area contributed by atoms with Crippen molar-refractivity contribution in [2.24, 2.45) is 0 Å². The molecule has 0 bridgehead atoms. The van der Waals surface area contributed by atoms with Crippen LogP contribution in [0, 0.1) is 0 Å². The van der Waals surface area contributed by atoms with Gasteiger partial charge in [0.2, 0.25) is 0 Å². The Bertz CT molecular complexity index is 866. The second-order valence-corrected chi connectivity index (χ2v) is 7.56. The lowest BCUT2D eigenvalue weighted by molar-refractivity contribution is -0.0300. The Morgan fingerprint density at radius 3 is 2.79 bits per heavy atom. The molecular weight excluding hydrogens is 372 g/mol. The smallest absolute Gasteiger partial charge is 0.0826 e. The van der Waals surface area contributed by atoms with Crippen LogP contribution in [0.2, 0.25) is 5.02 Å². The van der Waals surface area contributed by atoms with E-state index >= 15 is 0 Å². The van der Waals surface area contributed by atoms with Crippen LogP contribution in [-0.2, 0) is 17.8 Å². The molecule has 0 amide bonds. The fourth-order valence-corrected chi connectivity index (χ4v) is 3.69. The summed E-state index contributed by atoms with van der Waals surface area (Å²) < 4.78 is 5.95. The van der Waals surface area contributed by atoms with Gasteiger partial charge in [0, 0.05) is 43.3 Å². The quantitative estimate of drug-likeness (QED) is 0.639. The summed E-state index contributed by atoms with van der Waals surface area (Å²) in [6.07, 6.45) is 2.07. The van der Waals surface area contributed by atoms with Crippen LogP contribution in [0.1, 0.15) is 11.1 Å². The summed E-state index contributed by atoms with van der Waals surface area (Å²) in [5.74, 6) is 0. The molecule has 1 aliphatic rings. The first-order valence-electron chi connectivity index (χ1n) is 9.65. The zero-order valence-electron chi connectivity index (χ0n) is 15.8. The molecule has 1 atom stereocenters. The summed E-state index contributed by atoms with van der Waals surface area (Å²) in [4.78, 5) is 2.46. The largest absolute Gasteiger partial charge is 0.374 e. The van der Waals surface area contributed by atoms with Crippen molar-refractivity contribution in [1.29, 1.82) is 0 Å². The summed E-state index contributed by atoms with van der Waals surface area (Å²) in [6.45, 7) is 5.23. The maximum absolute atomic E-state index is 5.99. The van der Waals surface area contributed by atoms with Crippen LogP contribution >= 0.6 is 11.6 Å². The summed E-state index contributed by atoms with van der Waals surface area (Å²) in [5, 5.41) is 11.6. The summed E-state index contributed by atoms with van der Waals surface area (Å²) in [7, 11) is 0. The molecule has 1 unspecified atom stereocenters. The van der Waals surface area contributed by atoms with Gasteiger partial charge in [-0.1, -0.05) is 54.1 Å². The van der Waals surface area contributed by atoms with Gasteiger partial charge in [0.1, 0.15) is 0 Å². The summed E-state index contributed by atoms with van der Waals surface area (Å²) in [5.41, 5.74) is 4.60. The van der Waals surface area contributed by atoms with E-state index in [1.54, 1.807) is 0 Å². The van der Waals surface area contributed by atoms with E-state index in [4.69, 9.17) is 16.3 Å². The van der Waals surface area contributed by atoms with Gasteiger partial charge in [-0.25, -0.2) is 0 Å². The average Bonchev–Trinajstić information content (AvgIpc) is 3.18. The van der Waals surface area contributed by atoms with E-state index in [0.29, 0.717) is 0 Å². The van der Waals surface area contributed by atoms with Crippen molar-refractivity contribution < 1.29 is 4.74 Å². The number of hydrogen-bond acceptors (Lipinski definition) is 4. The molecule has 28 heavy (non-hydrogen) atoms. The summed E-state index contributed by atoms with van der Waals surface area (Å²) >= 11 is 5.99. The van der Waals surface area contributed by atoms with E-state index in [1.807, 2.05) is 30.5 Å². The molecule has 1 aliphatic heterocycles. The van der Waals surface area contributed by atoms with E-state index in [2.05, 4.69) is 50.7 Å². The van der Waals surface area contributed by atoms with Crippen LogP contribution in [0.25, 0.3) is 11.3 Å². The molecule has 4 rings (SSSR count). The van der Waals surface area contributed by atoms with Crippen LogP contribution in [0.3, 0.4) is 0 Å². The molecule has 1 fully saturated rings. The van der Waals surface area contributed by atoms with Gasteiger partial charge in [-0.15, -0.1) is 0 Å². The molecular formula is C22H25ClN4O. The summed E-state index contributed by atoms with van der Waals surface area (Å²) in [6, 6.07) is 18.4. The minimum absolute atomic E-state index is 0.198. The normalized spacial score (nSPS) is 17.7. The Morgan fingerprint density at radius 1 is 1.14 bits per heavy atom. The van der Waals surface area contributed by atoms with Crippen molar-refractivity contribution in [3.63, 3.8) is 0 Å². The Balaban J connectivity index is 1.28. The maximum atomic E-state index is 5.99. The van der Waals surface area contributed by atoms with E-state index in [9.17, 15) is 0 Å². The monoisotopic (exact) mass is 396 g/mol. The molecule has 6 heteroatoms. The molecule has 0 saturated carbocycles. The fraction of sp³-hybridized carbons (Fsp3) is 0.318. The third-order valence-electron chi connectivity index (χ3n) is 5.01. The minimum Gasteiger partial charge on any atom is -0.374 e. The van der Waals surface area contributed by atoms with Gasteiger partial charge in [-0.05, 0) is 23.3 Å². The predicted molar refractivity (Wildman–Crippen MR) is 112 cm³/mol. The highest BCUT2D eigenvalue weighted by atomic mass is 35.5. The minimum atomic E-state index is 0.198. The highest BCUT2D eigenvalue weighted by Crippen LogP contribution is 2.22. The first kappa shape index (κ1) is 19.2. The average molecular weight is 397 g/mol. The van der Waals surface area contributed by atoms with Crippen molar-refractivity contribution in [2.75, 3.05) is 26.2 Å². The lowest BCUT2D eigenvalue weighted by Gasteiger charge is -2.33. The third-order valence-corrected chi connectivity index (χ3v) is 5.26. The maximum Gasteiger partial charge on any atom is 0.0826 e. The van der Waals surface area contributed by atoms with E-state index in [0.717, 1.165) is 61.2 Å².